The van der Waals surface area contributed by atoms with Gasteiger partial charge in [0.15, 0.2) is 0 Å². The van der Waals surface area contributed by atoms with Crippen LogP contribution in [0.2, 0.25) is 5.02 Å². The molecule has 2 nitrogen and oxygen atoms in total. The molecular weight excluding hydrogens is 176 g/mol. The maximum absolute atomic E-state index is 8.73. The van der Waals surface area contributed by atoms with E-state index in [1.54, 1.807) is 25.3 Å². The van der Waals surface area contributed by atoms with Gasteiger partial charge in [-0.1, -0.05) is 11.6 Å². The second-order valence-electron chi connectivity index (χ2n) is 2.43. The molecule has 12 heavy (non-hydrogen) atoms. The van der Waals surface area contributed by atoms with Crippen molar-refractivity contribution in [2.45, 2.75) is 6.42 Å². The van der Waals surface area contributed by atoms with E-state index in [9.17, 15) is 0 Å². The predicted molar refractivity (Wildman–Crippen MR) is 48.8 cm³/mol. The molecule has 3 heteroatoms. The van der Waals surface area contributed by atoms with Crippen LogP contribution in [-0.4, -0.2) is 18.8 Å². The molecule has 0 spiro atoms. The molecule has 0 heterocycles. The van der Waals surface area contributed by atoms with Gasteiger partial charge in [0.25, 0.3) is 0 Å². The molecule has 0 atom stereocenters. The van der Waals surface area contributed by atoms with Gasteiger partial charge in [-0.2, -0.15) is 0 Å². The Balaban J connectivity index is 2.95. The van der Waals surface area contributed by atoms with Crippen molar-refractivity contribution in [3.63, 3.8) is 0 Å². The molecule has 66 valence electrons. The maximum atomic E-state index is 8.73. The van der Waals surface area contributed by atoms with Crippen molar-refractivity contribution in [1.82, 2.24) is 0 Å². The van der Waals surface area contributed by atoms with Gasteiger partial charge in [-0.05, 0) is 30.2 Å². The second-order valence-corrected chi connectivity index (χ2v) is 2.87. The van der Waals surface area contributed by atoms with Crippen molar-refractivity contribution in [3.8, 4) is 5.75 Å². The zero-order chi connectivity index (χ0) is 8.97. The molecule has 0 aliphatic carbocycles. The molecule has 0 radical (unpaired) electrons. The molecule has 1 aromatic carbocycles. The zero-order valence-corrected chi connectivity index (χ0v) is 7.64. The number of hydrogen-bond donors (Lipinski definition) is 1. The molecule has 1 aromatic rings. The van der Waals surface area contributed by atoms with Crippen LogP contribution >= 0.6 is 11.6 Å². The van der Waals surface area contributed by atoms with E-state index in [-0.39, 0.29) is 6.61 Å². The van der Waals surface area contributed by atoms with Crippen molar-refractivity contribution in [1.29, 1.82) is 0 Å². The van der Waals surface area contributed by atoms with Gasteiger partial charge in [0, 0.05) is 11.6 Å². The van der Waals surface area contributed by atoms with Crippen LogP contribution in [0.4, 0.5) is 0 Å². The van der Waals surface area contributed by atoms with E-state index in [0.717, 1.165) is 11.3 Å². The third-order valence-electron chi connectivity index (χ3n) is 1.62. The number of ether oxygens (including phenoxy) is 1. The summed E-state index contributed by atoms with van der Waals surface area (Å²) in [5.41, 5.74) is 0.938. The van der Waals surface area contributed by atoms with Crippen molar-refractivity contribution >= 4 is 11.6 Å². The topological polar surface area (TPSA) is 29.5 Å². The number of methoxy groups -OCH3 is 1. The van der Waals surface area contributed by atoms with Crippen molar-refractivity contribution in [2.24, 2.45) is 0 Å². The lowest BCUT2D eigenvalue weighted by atomic mass is 10.1. The Hall–Kier alpha value is -0.730. The average Bonchev–Trinajstić information content (AvgIpc) is 2.05. The number of hydrogen-bond acceptors (Lipinski definition) is 2. The lowest BCUT2D eigenvalue weighted by molar-refractivity contribution is 0.296. The van der Waals surface area contributed by atoms with Gasteiger partial charge in [-0.3, -0.25) is 0 Å². The molecule has 0 amide bonds. The molecule has 0 aromatic heterocycles. The van der Waals surface area contributed by atoms with E-state index >= 15 is 0 Å². The van der Waals surface area contributed by atoms with Gasteiger partial charge in [-0.15, -0.1) is 0 Å². The number of benzene rings is 1. The van der Waals surface area contributed by atoms with Crippen LogP contribution in [0.1, 0.15) is 5.56 Å². The minimum Gasteiger partial charge on any atom is -0.496 e. The number of aliphatic hydroxyl groups excluding tert-OH is 1. The summed E-state index contributed by atoms with van der Waals surface area (Å²) in [6.07, 6.45) is 0.573. The SMILES string of the molecule is COc1ccc(Cl)cc1CCO. The predicted octanol–water partition coefficient (Wildman–Crippen LogP) is 1.88. The molecule has 0 bridgehead atoms. The first-order chi connectivity index (χ1) is 5.77. The summed E-state index contributed by atoms with van der Waals surface area (Å²) < 4.78 is 5.08. The highest BCUT2D eigenvalue weighted by Crippen LogP contribution is 2.22. The largest absolute Gasteiger partial charge is 0.496 e. The van der Waals surface area contributed by atoms with Gasteiger partial charge in [0.2, 0.25) is 0 Å². The van der Waals surface area contributed by atoms with Crippen molar-refractivity contribution in [2.75, 3.05) is 13.7 Å². The highest BCUT2D eigenvalue weighted by atomic mass is 35.5. The van der Waals surface area contributed by atoms with Gasteiger partial charge in [-0.25, -0.2) is 0 Å². The minimum atomic E-state index is 0.108. The third kappa shape index (κ3) is 2.13. The monoisotopic (exact) mass is 186 g/mol. The summed E-state index contributed by atoms with van der Waals surface area (Å²) in [4.78, 5) is 0. The fraction of sp³-hybridized carbons (Fsp3) is 0.333. The molecular formula is C9H11ClO2. The third-order valence-corrected chi connectivity index (χ3v) is 1.86. The van der Waals surface area contributed by atoms with Crippen LogP contribution in [0, 0.1) is 0 Å². The Labute approximate surface area is 76.7 Å². The minimum absolute atomic E-state index is 0.108. The van der Waals surface area contributed by atoms with Crippen molar-refractivity contribution < 1.29 is 9.84 Å². The lowest BCUT2D eigenvalue weighted by Crippen LogP contribution is -1.95. The highest BCUT2D eigenvalue weighted by molar-refractivity contribution is 6.30. The molecule has 0 fully saturated rings. The fourth-order valence-corrected chi connectivity index (χ4v) is 1.26. The molecule has 0 saturated carbocycles. The van der Waals surface area contributed by atoms with Crippen molar-refractivity contribution in [3.05, 3.63) is 28.8 Å². The Kier molecular flexibility index (Phi) is 3.38. The number of aliphatic hydroxyl groups is 1. The van der Waals surface area contributed by atoms with E-state index in [1.165, 1.54) is 0 Å². The number of rotatable bonds is 3. The normalized spacial score (nSPS) is 9.92. The molecule has 0 saturated heterocycles. The van der Waals surface area contributed by atoms with Gasteiger partial charge >= 0.3 is 0 Å². The Morgan fingerprint density at radius 3 is 2.83 bits per heavy atom. The average molecular weight is 187 g/mol. The molecule has 1 N–H and O–H groups in total. The summed E-state index contributed by atoms with van der Waals surface area (Å²) >= 11 is 5.77. The van der Waals surface area contributed by atoms with Crippen LogP contribution in [0.3, 0.4) is 0 Å². The summed E-state index contributed by atoms with van der Waals surface area (Å²) in [5, 5.41) is 9.40. The standard InChI is InChI=1S/C9H11ClO2/c1-12-9-3-2-8(10)6-7(9)4-5-11/h2-3,6,11H,4-5H2,1H3. The maximum Gasteiger partial charge on any atom is 0.122 e. The summed E-state index contributed by atoms with van der Waals surface area (Å²) in [7, 11) is 1.60. The zero-order valence-electron chi connectivity index (χ0n) is 6.88. The smallest absolute Gasteiger partial charge is 0.122 e. The van der Waals surface area contributed by atoms with Gasteiger partial charge in [0.05, 0.1) is 7.11 Å². The lowest BCUT2D eigenvalue weighted by Gasteiger charge is -2.06. The highest BCUT2D eigenvalue weighted by Gasteiger charge is 2.01. The Morgan fingerprint density at radius 2 is 2.25 bits per heavy atom. The molecule has 0 aliphatic rings. The van der Waals surface area contributed by atoms with E-state index in [2.05, 4.69) is 0 Å². The van der Waals surface area contributed by atoms with E-state index < -0.39 is 0 Å². The molecule has 0 aliphatic heterocycles. The van der Waals surface area contributed by atoms with E-state index in [4.69, 9.17) is 21.4 Å². The quantitative estimate of drug-likeness (QED) is 0.781. The second kappa shape index (κ2) is 4.33. The first kappa shape index (κ1) is 9.36. The Bertz CT molecular complexity index is 261. The number of halogens is 1. The van der Waals surface area contributed by atoms with Crippen LogP contribution in [0.5, 0.6) is 5.75 Å². The first-order valence-electron chi connectivity index (χ1n) is 3.71. The van der Waals surface area contributed by atoms with E-state index in [1.807, 2.05) is 0 Å². The van der Waals surface area contributed by atoms with E-state index in [0.29, 0.717) is 11.4 Å². The van der Waals surface area contributed by atoms with Gasteiger partial charge in [0.1, 0.15) is 5.75 Å². The van der Waals surface area contributed by atoms with Crippen LogP contribution in [-0.2, 0) is 6.42 Å². The van der Waals surface area contributed by atoms with Crippen LogP contribution in [0.15, 0.2) is 18.2 Å². The summed E-state index contributed by atoms with van der Waals surface area (Å²) in [6, 6.07) is 5.37. The summed E-state index contributed by atoms with van der Waals surface area (Å²) in [5.74, 6) is 0.772. The first-order valence-corrected chi connectivity index (χ1v) is 4.09. The molecule has 0 unspecified atom stereocenters. The summed E-state index contributed by atoms with van der Waals surface area (Å²) in [6.45, 7) is 0.108. The Morgan fingerprint density at radius 1 is 1.50 bits per heavy atom. The van der Waals surface area contributed by atoms with Gasteiger partial charge < -0.3 is 9.84 Å². The molecule has 1 rings (SSSR count). The van der Waals surface area contributed by atoms with Crippen LogP contribution in [0.25, 0.3) is 0 Å². The van der Waals surface area contributed by atoms with Crippen LogP contribution < -0.4 is 4.74 Å². The fourth-order valence-electron chi connectivity index (χ4n) is 1.06.